The number of hydrogen-bond acceptors (Lipinski definition) is 9. The molecule has 0 saturated heterocycles. The lowest BCUT2D eigenvalue weighted by molar-refractivity contribution is 0.378. The van der Waals surface area contributed by atoms with E-state index >= 15 is 0 Å². The molecule has 12 heteroatoms. The van der Waals surface area contributed by atoms with Gasteiger partial charge in [0.1, 0.15) is 0 Å². The standard InChI is InChI=1S/C20H15ClN6O4S/c1-30-13-7-2-3-8-14(13)31-16-17(21)25-20(19-23-11-6-12-24-19)26-18(16)27-32(28,29)15-9-4-5-10-22-15/h2-12H,1H3,(H,25,26,27). The Hall–Kier alpha value is -3.83. The highest BCUT2D eigenvalue weighted by Gasteiger charge is 2.24. The van der Waals surface area contributed by atoms with Crippen molar-refractivity contribution in [2.45, 2.75) is 5.03 Å². The van der Waals surface area contributed by atoms with E-state index in [1.807, 2.05) is 0 Å². The Kier molecular flexibility index (Phi) is 6.10. The second kappa shape index (κ2) is 9.12. The largest absolute Gasteiger partial charge is 0.493 e. The lowest BCUT2D eigenvalue weighted by atomic mass is 10.3. The van der Waals surface area contributed by atoms with Crippen LogP contribution in [0.1, 0.15) is 0 Å². The first-order valence-electron chi connectivity index (χ1n) is 9.07. The number of rotatable bonds is 7. The maximum absolute atomic E-state index is 12.9. The molecule has 162 valence electrons. The Balaban J connectivity index is 1.83. The first-order valence-corrected chi connectivity index (χ1v) is 10.9. The molecule has 32 heavy (non-hydrogen) atoms. The number of nitrogens with one attached hydrogen (secondary N) is 1. The zero-order chi connectivity index (χ0) is 22.6. The van der Waals surface area contributed by atoms with Crippen LogP contribution >= 0.6 is 11.6 Å². The van der Waals surface area contributed by atoms with E-state index in [1.165, 1.54) is 31.8 Å². The molecule has 0 spiro atoms. The van der Waals surface area contributed by atoms with Crippen LogP contribution in [-0.4, -0.2) is 40.4 Å². The van der Waals surface area contributed by atoms with E-state index in [9.17, 15) is 8.42 Å². The smallest absolute Gasteiger partial charge is 0.280 e. The number of ether oxygens (including phenoxy) is 2. The van der Waals surface area contributed by atoms with Gasteiger partial charge in [-0.25, -0.2) is 24.9 Å². The number of anilines is 1. The predicted octanol–water partition coefficient (Wildman–Crippen LogP) is 3.58. The van der Waals surface area contributed by atoms with E-state index in [1.54, 1.807) is 42.5 Å². The van der Waals surface area contributed by atoms with Crippen molar-refractivity contribution in [1.82, 2.24) is 24.9 Å². The van der Waals surface area contributed by atoms with E-state index in [0.717, 1.165) is 0 Å². The molecule has 0 saturated carbocycles. The molecule has 1 aromatic carbocycles. The molecule has 0 aliphatic rings. The number of para-hydroxylation sites is 2. The van der Waals surface area contributed by atoms with Crippen LogP contribution in [0.2, 0.25) is 5.15 Å². The fourth-order valence-electron chi connectivity index (χ4n) is 2.60. The van der Waals surface area contributed by atoms with Gasteiger partial charge in [0, 0.05) is 18.6 Å². The fraction of sp³-hybridized carbons (Fsp3) is 0.0500. The number of aromatic nitrogens is 5. The zero-order valence-electron chi connectivity index (χ0n) is 16.5. The molecule has 0 atom stereocenters. The van der Waals surface area contributed by atoms with Gasteiger partial charge in [-0.05, 0) is 30.3 Å². The maximum Gasteiger partial charge on any atom is 0.280 e. The van der Waals surface area contributed by atoms with E-state index in [2.05, 4.69) is 29.6 Å². The quantitative estimate of drug-likeness (QED) is 0.403. The summed E-state index contributed by atoms with van der Waals surface area (Å²) in [5, 5.41) is -0.373. The summed E-state index contributed by atoms with van der Waals surface area (Å²) in [4.78, 5) is 20.5. The zero-order valence-corrected chi connectivity index (χ0v) is 18.1. The first-order chi connectivity index (χ1) is 15.5. The van der Waals surface area contributed by atoms with Gasteiger partial charge >= 0.3 is 0 Å². The van der Waals surface area contributed by atoms with Crippen LogP contribution in [0.3, 0.4) is 0 Å². The van der Waals surface area contributed by atoms with E-state index in [-0.39, 0.29) is 39.1 Å². The Bertz CT molecular complexity index is 1340. The number of sulfonamides is 1. The summed E-state index contributed by atoms with van der Waals surface area (Å²) in [6.45, 7) is 0. The number of methoxy groups -OCH3 is 1. The molecule has 3 heterocycles. The number of nitrogens with zero attached hydrogens (tertiary/aromatic N) is 5. The number of pyridine rings is 1. The highest BCUT2D eigenvalue weighted by Crippen LogP contribution is 2.39. The van der Waals surface area contributed by atoms with Crippen molar-refractivity contribution < 1.29 is 17.9 Å². The van der Waals surface area contributed by atoms with Gasteiger partial charge in [0.15, 0.2) is 33.3 Å². The molecular formula is C20H15ClN6O4S. The number of benzene rings is 1. The van der Waals surface area contributed by atoms with Crippen LogP contribution in [0, 0.1) is 0 Å². The molecule has 0 fully saturated rings. The topological polar surface area (TPSA) is 129 Å². The van der Waals surface area contributed by atoms with Crippen LogP contribution in [0.15, 0.2) is 72.1 Å². The van der Waals surface area contributed by atoms with Crippen molar-refractivity contribution in [3.8, 4) is 28.9 Å². The summed E-state index contributed by atoms with van der Waals surface area (Å²) in [6.07, 6.45) is 4.35. The molecule has 0 unspecified atom stereocenters. The SMILES string of the molecule is COc1ccccc1Oc1c(Cl)nc(-c2ncccn2)nc1NS(=O)(=O)c1ccccn1. The van der Waals surface area contributed by atoms with Crippen molar-refractivity contribution in [1.29, 1.82) is 0 Å². The summed E-state index contributed by atoms with van der Waals surface area (Å²) in [5.74, 6) is 0.484. The van der Waals surface area contributed by atoms with Gasteiger partial charge in [-0.1, -0.05) is 29.8 Å². The summed E-state index contributed by atoms with van der Waals surface area (Å²) < 4.78 is 39.3. The minimum atomic E-state index is -4.12. The first kappa shape index (κ1) is 21.4. The van der Waals surface area contributed by atoms with Gasteiger partial charge in [-0.15, -0.1) is 0 Å². The van der Waals surface area contributed by atoms with Crippen molar-refractivity contribution in [3.63, 3.8) is 0 Å². The Morgan fingerprint density at radius 1 is 0.844 bits per heavy atom. The van der Waals surface area contributed by atoms with Crippen molar-refractivity contribution in [2.24, 2.45) is 0 Å². The van der Waals surface area contributed by atoms with Gasteiger partial charge in [-0.3, -0.25) is 4.72 Å². The maximum atomic E-state index is 12.9. The monoisotopic (exact) mass is 470 g/mol. The van der Waals surface area contributed by atoms with Gasteiger partial charge < -0.3 is 9.47 Å². The Morgan fingerprint density at radius 2 is 1.53 bits per heavy atom. The van der Waals surface area contributed by atoms with Gasteiger partial charge in [0.25, 0.3) is 10.0 Å². The molecule has 4 rings (SSSR count). The van der Waals surface area contributed by atoms with E-state index in [4.69, 9.17) is 21.1 Å². The molecule has 0 amide bonds. The Labute approximate surface area is 188 Å². The molecule has 0 radical (unpaired) electrons. The second-order valence-corrected chi connectivity index (χ2v) is 8.10. The van der Waals surface area contributed by atoms with E-state index in [0.29, 0.717) is 5.75 Å². The number of halogens is 1. The highest BCUT2D eigenvalue weighted by molar-refractivity contribution is 7.92. The molecule has 0 bridgehead atoms. The summed E-state index contributed by atoms with van der Waals surface area (Å²) >= 11 is 6.38. The minimum absolute atomic E-state index is 0.00157. The third kappa shape index (κ3) is 4.58. The van der Waals surface area contributed by atoms with Gasteiger partial charge in [0.2, 0.25) is 11.6 Å². The van der Waals surface area contributed by atoms with Crippen LogP contribution < -0.4 is 14.2 Å². The van der Waals surface area contributed by atoms with Crippen LogP contribution in [0.5, 0.6) is 17.2 Å². The van der Waals surface area contributed by atoms with Crippen molar-refractivity contribution in [2.75, 3.05) is 11.8 Å². The fourth-order valence-corrected chi connectivity index (χ4v) is 3.76. The van der Waals surface area contributed by atoms with Crippen molar-refractivity contribution >= 4 is 27.4 Å². The predicted molar refractivity (Wildman–Crippen MR) is 116 cm³/mol. The third-order valence-electron chi connectivity index (χ3n) is 4.02. The van der Waals surface area contributed by atoms with Crippen LogP contribution in [-0.2, 0) is 10.0 Å². The van der Waals surface area contributed by atoms with Crippen LogP contribution in [0.4, 0.5) is 5.82 Å². The van der Waals surface area contributed by atoms with Crippen LogP contribution in [0.25, 0.3) is 11.6 Å². The van der Waals surface area contributed by atoms with Crippen molar-refractivity contribution in [3.05, 3.63) is 72.3 Å². The van der Waals surface area contributed by atoms with Gasteiger partial charge in [0.05, 0.1) is 7.11 Å². The van der Waals surface area contributed by atoms with Gasteiger partial charge in [-0.2, -0.15) is 8.42 Å². The second-order valence-electron chi connectivity index (χ2n) is 6.11. The molecule has 0 aliphatic heterocycles. The molecule has 1 N–H and O–H groups in total. The lowest BCUT2D eigenvalue weighted by Gasteiger charge is -2.15. The molecule has 10 nitrogen and oxygen atoms in total. The average Bonchev–Trinajstić information content (AvgIpc) is 2.82. The normalized spacial score (nSPS) is 11.1. The lowest BCUT2D eigenvalue weighted by Crippen LogP contribution is -2.16. The molecular weight excluding hydrogens is 456 g/mol. The molecule has 3 aromatic heterocycles. The van der Waals surface area contributed by atoms with E-state index < -0.39 is 10.0 Å². The average molecular weight is 471 g/mol. The minimum Gasteiger partial charge on any atom is -0.493 e. The Morgan fingerprint density at radius 3 is 2.22 bits per heavy atom. The highest BCUT2D eigenvalue weighted by atomic mass is 35.5. The molecule has 4 aromatic rings. The summed E-state index contributed by atoms with van der Waals surface area (Å²) in [6, 6.07) is 12.9. The third-order valence-corrected chi connectivity index (χ3v) is 5.53. The number of hydrogen-bond donors (Lipinski definition) is 1. The summed E-state index contributed by atoms with van der Waals surface area (Å²) in [5.41, 5.74) is 0. The molecule has 0 aliphatic carbocycles. The summed E-state index contributed by atoms with van der Waals surface area (Å²) in [7, 11) is -2.65.